The molecule has 0 spiro atoms. The van der Waals surface area contributed by atoms with Gasteiger partial charge in [-0.1, -0.05) is 27.2 Å². The van der Waals surface area contributed by atoms with E-state index in [0.717, 1.165) is 12.5 Å². The minimum Gasteiger partial charge on any atom is -0.311 e. The third-order valence-electron chi connectivity index (χ3n) is 4.57. The van der Waals surface area contributed by atoms with Gasteiger partial charge in [0.1, 0.15) is 0 Å². The van der Waals surface area contributed by atoms with Crippen LogP contribution < -0.4 is 5.32 Å². The number of hydrogen-bond donors (Lipinski definition) is 1. The summed E-state index contributed by atoms with van der Waals surface area (Å²) in [5.41, 5.74) is 0.341. The van der Waals surface area contributed by atoms with Gasteiger partial charge in [0.2, 0.25) is 0 Å². The number of hydrogen-bond acceptors (Lipinski definition) is 2. The highest BCUT2D eigenvalue weighted by Crippen LogP contribution is 2.25. The molecule has 0 aromatic heterocycles. The van der Waals surface area contributed by atoms with E-state index in [1.54, 1.807) is 0 Å². The maximum Gasteiger partial charge on any atom is 0.0221 e. The van der Waals surface area contributed by atoms with Crippen molar-refractivity contribution >= 4 is 0 Å². The monoisotopic (exact) mass is 226 g/mol. The Morgan fingerprint density at radius 1 is 1.38 bits per heavy atom. The maximum absolute atomic E-state index is 3.70. The summed E-state index contributed by atoms with van der Waals surface area (Å²) in [5.74, 6) is 0.780. The lowest BCUT2D eigenvalue weighted by Gasteiger charge is -2.49. The first-order valence-corrected chi connectivity index (χ1v) is 6.92. The molecule has 96 valence electrons. The Bertz CT molecular complexity index is 213. The Morgan fingerprint density at radius 3 is 2.50 bits per heavy atom. The molecule has 2 heteroatoms. The van der Waals surface area contributed by atoms with Gasteiger partial charge in [0.25, 0.3) is 0 Å². The fourth-order valence-corrected chi connectivity index (χ4v) is 2.60. The van der Waals surface area contributed by atoms with Crippen molar-refractivity contribution in [2.24, 2.45) is 5.92 Å². The molecule has 1 heterocycles. The molecule has 2 nitrogen and oxygen atoms in total. The van der Waals surface area contributed by atoms with Crippen molar-refractivity contribution in [1.82, 2.24) is 10.2 Å². The lowest BCUT2D eigenvalue weighted by Crippen LogP contribution is -2.62. The topological polar surface area (TPSA) is 15.3 Å². The van der Waals surface area contributed by atoms with E-state index in [4.69, 9.17) is 0 Å². The zero-order valence-corrected chi connectivity index (χ0v) is 12.0. The van der Waals surface area contributed by atoms with Crippen LogP contribution in [0.1, 0.15) is 54.4 Å². The van der Waals surface area contributed by atoms with Crippen LogP contribution in [-0.2, 0) is 0 Å². The second kappa shape index (κ2) is 5.50. The molecule has 3 unspecified atom stereocenters. The predicted octanol–water partition coefficient (Wildman–Crippen LogP) is 2.88. The number of nitrogens with one attached hydrogen (secondary N) is 1. The lowest BCUT2D eigenvalue weighted by atomic mass is 9.90. The van der Waals surface area contributed by atoms with Gasteiger partial charge in [-0.3, -0.25) is 4.90 Å². The molecule has 0 saturated carbocycles. The van der Waals surface area contributed by atoms with Crippen molar-refractivity contribution in [1.29, 1.82) is 0 Å². The number of nitrogens with zero attached hydrogens (tertiary/aromatic N) is 1. The van der Waals surface area contributed by atoms with Gasteiger partial charge < -0.3 is 5.32 Å². The van der Waals surface area contributed by atoms with Crippen LogP contribution in [0.2, 0.25) is 0 Å². The van der Waals surface area contributed by atoms with Gasteiger partial charge in [-0.2, -0.15) is 0 Å². The Labute approximate surface area is 102 Å². The highest BCUT2D eigenvalue weighted by atomic mass is 15.3. The predicted molar refractivity (Wildman–Crippen MR) is 71.8 cm³/mol. The van der Waals surface area contributed by atoms with Crippen molar-refractivity contribution in [3.8, 4) is 0 Å². The van der Waals surface area contributed by atoms with E-state index in [0.29, 0.717) is 17.6 Å². The van der Waals surface area contributed by atoms with Gasteiger partial charge in [-0.25, -0.2) is 0 Å². The minimum absolute atomic E-state index is 0.341. The Hall–Kier alpha value is -0.0800. The van der Waals surface area contributed by atoms with E-state index in [1.807, 2.05) is 0 Å². The molecule has 3 atom stereocenters. The molecule has 1 fully saturated rings. The van der Waals surface area contributed by atoms with Crippen LogP contribution in [0.15, 0.2) is 0 Å². The summed E-state index contributed by atoms with van der Waals surface area (Å²) in [6, 6.07) is 1.34. The molecular weight excluding hydrogens is 196 g/mol. The van der Waals surface area contributed by atoms with Crippen LogP contribution >= 0.6 is 0 Å². The van der Waals surface area contributed by atoms with Crippen molar-refractivity contribution in [2.75, 3.05) is 13.1 Å². The Morgan fingerprint density at radius 2 is 2.00 bits per heavy atom. The largest absolute Gasteiger partial charge is 0.311 e. The Balaban J connectivity index is 2.69. The molecule has 1 N–H and O–H groups in total. The smallest absolute Gasteiger partial charge is 0.0221 e. The molecule has 1 rings (SSSR count). The molecule has 1 aliphatic rings. The van der Waals surface area contributed by atoms with E-state index >= 15 is 0 Å². The standard InChI is InChI=1S/C14H30N2/c1-7-11(3)13-10-16(12(4)9-15-13)14(5,6)8-2/h11-13,15H,7-10H2,1-6H3. The van der Waals surface area contributed by atoms with Gasteiger partial charge >= 0.3 is 0 Å². The van der Waals surface area contributed by atoms with Crippen LogP contribution in [0.4, 0.5) is 0 Å². The van der Waals surface area contributed by atoms with Crippen LogP contribution in [0.5, 0.6) is 0 Å². The number of piperazine rings is 1. The zero-order chi connectivity index (χ0) is 12.3. The Kier molecular flexibility index (Phi) is 4.81. The molecule has 0 bridgehead atoms. The molecule has 0 radical (unpaired) electrons. The first-order valence-electron chi connectivity index (χ1n) is 6.92. The van der Waals surface area contributed by atoms with E-state index in [2.05, 4.69) is 51.8 Å². The molecule has 16 heavy (non-hydrogen) atoms. The van der Waals surface area contributed by atoms with E-state index in [-0.39, 0.29) is 0 Å². The van der Waals surface area contributed by atoms with Crippen LogP contribution in [0.25, 0.3) is 0 Å². The second-order valence-corrected chi connectivity index (χ2v) is 6.07. The third kappa shape index (κ3) is 2.98. The fraction of sp³-hybridized carbons (Fsp3) is 1.00. The normalized spacial score (nSPS) is 30.4. The molecular formula is C14H30N2. The van der Waals surface area contributed by atoms with Crippen molar-refractivity contribution < 1.29 is 0 Å². The molecule has 0 aliphatic carbocycles. The quantitative estimate of drug-likeness (QED) is 0.793. The molecule has 0 amide bonds. The summed E-state index contributed by atoms with van der Waals surface area (Å²) in [6.45, 7) is 16.4. The third-order valence-corrected chi connectivity index (χ3v) is 4.57. The van der Waals surface area contributed by atoms with Gasteiger partial charge in [0, 0.05) is 30.7 Å². The second-order valence-electron chi connectivity index (χ2n) is 6.07. The molecule has 0 aromatic carbocycles. The van der Waals surface area contributed by atoms with Crippen LogP contribution in [-0.4, -0.2) is 35.6 Å². The van der Waals surface area contributed by atoms with Gasteiger partial charge in [-0.15, -0.1) is 0 Å². The lowest BCUT2D eigenvalue weighted by molar-refractivity contribution is 0.0254. The van der Waals surface area contributed by atoms with Crippen molar-refractivity contribution in [2.45, 2.75) is 72.0 Å². The van der Waals surface area contributed by atoms with Gasteiger partial charge in [-0.05, 0) is 33.1 Å². The zero-order valence-electron chi connectivity index (χ0n) is 12.0. The first-order chi connectivity index (χ1) is 7.42. The fourth-order valence-electron chi connectivity index (χ4n) is 2.60. The average Bonchev–Trinajstić information content (AvgIpc) is 2.28. The molecule has 1 saturated heterocycles. The SMILES string of the molecule is CCC(C)C1CN(C(C)(C)CC)C(C)CN1. The van der Waals surface area contributed by atoms with E-state index in [9.17, 15) is 0 Å². The van der Waals surface area contributed by atoms with Gasteiger partial charge in [0.15, 0.2) is 0 Å². The maximum atomic E-state index is 3.70. The van der Waals surface area contributed by atoms with E-state index < -0.39 is 0 Å². The van der Waals surface area contributed by atoms with Crippen molar-refractivity contribution in [3.05, 3.63) is 0 Å². The van der Waals surface area contributed by atoms with Crippen LogP contribution in [0.3, 0.4) is 0 Å². The highest BCUT2D eigenvalue weighted by Gasteiger charge is 2.35. The molecule has 1 aliphatic heterocycles. The summed E-state index contributed by atoms with van der Waals surface area (Å²) in [7, 11) is 0. The summed E-state index contributed by atoms with van der Waals surface area (Å²) in [4.78, 5) is 2.69. The average molecular weight is 226 g/mol. The summed E-state index contributed by atoms with van der Waals surface area (Å²) >= 11 is 0. The summed E-state index contributed by atoms with van der Waals surface area (Å²) in [5, 5.41) is 3.70. The highest BCUT2D eigenvalue weighted by molar-refractivity contribution is 4.93. The minimum atomic E-state index is 0.341. The molecule has 0 aromatic rings. The first kappa shape index (κ1) is 14.0. The van der Waals surface area contributed by atoms with Crippen LogP contribution in [0, 0.1) is 5.92 Å². The summed E-state index contributed by atoms with van der Waals surface area (Å²) < 4.78 is 0. The van der Waals surface area contributed by atoms with E-state index in [1.165, 1.54) is 19.4 Å². The summed E-state index contributed by atoms with van der Waals surface area (Å²) in [6.07, 6.45) is 2.50. The number of rotatable bonds is 4. The van der Waals surface area contributed by atoms with Gasteiger partial charge in [0.05, 0.1) is 0 Å². The van der Waals surface area contributed by atoms with Crippen molar-refractivity contribution in [3.63, 3.8) is 0 Å².